The maximum Gasteiger partial charge on any atom is 0.0408 e. The standard InChI is InChI=1S/C17H25ClN2/c1-12-5-6-17(12)20-10-14(9-16(19)11-20)7-13-3-2-4-15(18)8-13/h2-4,8,12,14,16-17H,5-7,9-11,19H2,1H3. The summed E-state index contributed by atoms with van der Waals surface area (Å²) >= 11 is 6.09. The van der Waals surface area contributed by atoms with Crippen molar-refractivity contribution >= 4 is 11.6 Å². The molecule has 0 spiro atoms. The summed E-state index contributed by atoms with van der Waals surface area (Å²) in [5.41, 5.74) is 7.64. The van der Waals surface area contributed by atoms with Crippen molar-refractivity contribution in [3.05, 3.63) is 34.9 Å². The van der Waals surface area contributed by atoms with Crippen LogP contribution in [-0.2, 0) is 6.42 Å². The predicted molar refractivity (Wildman–Crippen MR) is 85.0 cm³/mol. The molecule has 1 aromatic carbocycles. The van der Waals surface area contributed by atoms with Crippen LogP contribution >= 0.6 is 11.6 Å². The van der Waals surface area contributed by atoms with Crippen LogP contribution in [0.2, 0.25) is 5.02 Å². The maximum atomic E-state index is 6.29. The zero-order valence-corrected chi connectivity index (χ0v) is 13.0. The Balaban J connectivity index is 1.64. The molecule has 2 fully saturated rings. The van der Waals surface area contributed by atoms with Gasteiger partial charge in [-0.25, -0.2) is 0 Å². The zero-order valence-electron chi connectivity index (χ0n) is 12.3. The second kappa shape index (κ2) is 6.05. The molecule has 3 rings (SSSR count). The highest BCUT2D eigenvalue weighted by molar-refractivity contribution is 6.30. The molecule has 2 N–H and O–H groups in total. The highest BCUT2D eigenvalue weighted by atomic mass is 35.5. The molecule has 1 saturated carbocycles. The number of piperidine rings is 1. The molecule has 1 aliphatic carbocycles. The fourth-order valence-corrected chi connectivity index (χ4v) is 4.10. The van der Waals surface area contributed by atoms with Gasteiger partial charge in [0, 0.05) is 30.2 Å². The van der Waals surface area contributed by atoms with Crippen LogP contribution in [-0.4, -0.2) is 30.1 Å². The summed E-state index contributed by atoms with van der Waals surface area (Å²) < 4.78 is 0. The van der Waals surface area contributed by atoms with E-state index in [9.17, 15) is 0 Å². The van der Waals surface area contributed by atoms with Gasteiger partial charge in [0.25, 0.3) is 0 Å². The Morgan fingerprint density at radius 3 is 2.80 bits per heavy atom. The Hall–Kier alpha value is -0.570. The first kappa shape index (κ1) is 14.4. The van der Waals surface area contributed by atoms with Crippen LogP contribution in [0.3, 0.4) is 0 Å². The minimum atomic E-state index is 0.334. The van der Waals surface area contributed by atoms with Crippen molar-refractivity contribution in [2.24, 2.45) is 17.6 Å². The number of rotatable bonds is 3. The first-order chi connectivity index (χ1) is 9.61. The molecule has 2 aliphatic rings. The van der Waals surface area contributed by atoms with Crippen LogP contribution < -0.4 is 5.73 Å². The maximum absolute atomic E-state index is 6.29. The second-order valence-electron chi connectivity index (χ2n) is 6.77. The molecule has 4 atom stereocenters. The van der Waals surface area contributed by atoms with Crippen LogP contribution in [0.25, 0.3) is 0 Å². The van der Waals surface area contributed by atoms with Crippen molar-refractivity contribution < 1.29 is 0 Å². The largest absolute Gasteiger partial charge is 0.327 e. The number of hydrogen-bond acceptors (Lipinski definition) is 2. The molecule has 3 heteroatoms. The Morgan fingerprint density at radius 2 is 2.15 bits per heavy atom. The van der Waals surface area contributed by atoms with E-state index >= 15 is 0 Å². The van der Waals surface area contributed by atoms with Crippen LogP contribution in [0, 0.1) is 11.8 Å². The van der Waals surface area contributed by atoms with E-state index in [0.29, 0.717) is 12.0 Å². The molecule has 1 saturated heterocycles. The first-order valence-electron chi connectivity index (χ1n) is 7.86. The van der Waals surface area contributed by atoms with Gasteiger partial charge < -0.3 is 5.73 Å². The van der Waals surface area contributed by atoms with E-state index in [-0.39, 0.29) is 0 Å². The molecular weight excluding hydrogens is 268 g/mol. The molecule has 0 aromatic heterocycles. The van der Waals surface area contributed by atoms with Crippen molar-refractivity contribution in [2.75, 3.05) is 13.1 Å². The first-order valence-corrected chi connectivity index (χ1v) is 8.23. The topological polar surface area (TPSA) is 29.3 Å². The molecule has 1 aliphatic heterocycles. The summed E-state index contributed by atoms with van der Waals surface area (Å²) in [6, 6.07) is 9.39. The van der Waals surface area contributed by atoms with Crippen LogP contribution in [0.15, 0.2) is 24.3 Å². The highest BCUT2D eigenvalue weighted by Crippen LogP contribution is 2.34. The van der Waals surface area contributed by atoms with Crippen LogP contribution in [0.5, 0.6) is 0 Å². The Kier molecular flexibility index (Phi) is 4.34. The summed E-state index contributed by atoms with van der Waals surface area (Å²) in [7, 11) is 0. The molecule has 20 heavy (non-hydrogen) atoms. The molecule has 1 heterocycles. The van der Waals surface area contributed by atoms with E-state index in [1.165, 1.54) is 24.9 Å². The van der Waals surface area contributed by atoms with Crippen molar-refractivity contribution in [3.63, 3.8) is 0 Å². The fraction of sp³-hybridized carbons (Fsp3) is 0.647. The third-order valence-electron chi connectivity index (χ3n) is 5.05. The Labute approximate surface area is 127 Å². The molecule has 0 amide bonds. The van der Waals surface area contributed by atoms with Gasteiger partial charge in [-0.05, 0) is 55.2 Å². The lowest BCUT2D eigenvalue weighted by Gasteiger charge is -2.48. The van der Waals surface area contributed by atoms with E-state index in [4.69, 9.17) is 17.3 Å². The molecule has 4 unspecified atom stereocenters. The van der Waals surface area contributed by atoms with Crippen LogP contribution in [0.1, 0.15) is 31.7 Å². The quantitative estimate of drug-likeness (QED) is 0.926. The number of nitrogens with two attached hydrogens (primary N) is 1. The highest BCUT2D eigenvalue weighted by Gasteiger charge is 2.36. The van der Waals surface area contributed by atoms with Crippen LogP contribution in [0.4, 0.5) is 0 Å². The minimum Gasteiger partial charge on any atom is -0.327 e. The molecule has 2 nitrogen and oxygen atoms in total. The van der Waals surface area contributed by atoms with E-state index < -0.39 is 0 Å². The Morgan fingerprint density at radius 1 is 1.30 bits per heavy atom. The number of nitrogens with zero attached hydrogens (tertiary/aromatic N) is 1. The van der Waals surface area contributed by atoms with Gasteiger partial charge in [0.15, 0.2) is 0 Å². The third kappa shape index (κ3) is 3.19. The Bertz CT molecular complexity index is 462. The van der Waals surface area contributed by atoms with Crippen molar-refractivity contribution in [2.45, 2.75) is 44.7 Å². The summed E-state index contributed by atoms with van der Waals surface area (Å²) in [5, 5.41) is 0.840. The average Bonchev–Trinajstić information content (AvgIpc) is 2.36. The third-order valence-corrected chi connectivity index (χ3v) is 5.29. The molecule has 0 radical (unpaired) electrons. The summed E-state index contributed by atoms with van der Waals surface area (Å²) in [5.74, 6) is 1.53. The summed E-state index contributed by atoms with van der Waals surface area (Å²) in [6.45, 7) is 4.66. The lowest BCUT2D eigenvalue weighted by Crippen LogP contribution is -2.55. The van der Waals surface area contributed by atoms with E-state index in [1.54, 1.807) is 0 Å². The molecular formula is C17H25ClN2. The number of benzene rings is 1. The average molecular weight is 293 g/mol. The smallest absolute Gasteiger partial charge is 0.0408 e. The van der Waals surface area contributed by atoms with Gasteiger partial charge in [-0.2, -0.15) is 0 Å². The lowest BCUT2D eigenvalue weighted by atomic mass is 9.77. The lowest BCUT2D eigenvalue weighted by molar-refractivity contribution is 0.0288. The van der Waals surface area contributed by atoms with Gasteiger partial charge in [0.1, 0.15) is 0 Å². The summed E-state index contributed by atoms with van der Waals surface area (Å²) in [6.07, 6.45) is 4.99. The van der Waals surface area contributed by atoms with Gasteiger partial charge in [0.05, 0.1) is 0 Å². The van der Waals surface area contributed by atoms with Gasteiger partial charge >= 0.3 is 0 Å². The van der Waals surface area contributed by atoms with E-state index in [0.717, 1.165) is 36.4 Å². The zero-order chi connectivity index (χ0) is 14.1. The van der Waals surface area contributed by atoms with Crippen molar-refractivity contribution in [1.82, 2.24) is 4.90 Å². The normalized spacial score (nSPS) is 34.8. The van der Waals surface area contributed by atoms with Crippen molar-refractivity contribution in [3.8, 4) is 0 Å². The molecule has 110 valence electrons. The molecule has 1 aromatic rings. The van der Waals surface area contributed by atoms with Gasteiger partial charge in [0.2, 0.25) is 0 Å². The van der Waals surface area contributed by atoms with E-state index in [1.807, 2.05) is 12.1 Å². The number of hydrogen-bond donors (Lipinski definition) is 1. The summed E-state index contributed by atoms with van der Waals surface area (Å²) in [4.78, 5) is 2.65. The number of halogens is 1. The minimum absolute atomic E-state index is 0.334. The van der Waals surface area contributed by atoms with Crippen molar-refractivity contribution in [1.29, 1.82) is 0 Å². The molecule has 0 bridgehead atoms. The van der Waals surface area contributed by atoms with Gasteiger partial charge in [-0.1, -0.05) is 30.7 Å². The SMILES string of the molecule is CC1CCC1N1CC(N)CC(Cc2cccc(Cl)c2)C1. The fourth-order valence-electron chi connectivity index (χ4n) is 3.89. The van der Waals surface area contributed by atoms with Gasteiger partial charge in [-0.15, -0.1) is 0 Å². The van der Waals surface area contributed by atoms with E-state index in [2.05, 4.69) is 24.0 Å². The monoisotopic (exact) mass is 292 g/mol. The van der Waals surface area contributed by atoms with Gasteiger partial charge in [-0.3, -0.25) is 4.90 Å². The predicted octanol–water partition coefficient (Wildman–Crippen LogP) is 3.33. The second-order valence-corrected chi connectivity index (χ2v) is 7.21. The number of likely N-dealkylation sites (tertiary alicyclic amines) is 1.